The van der Waals surface area contributed by atoms with Gasteiger partial charge in [-0.05, 0) is 18.2 Å². The number of carbonyl (C=O) groups excluding carboxylic acids is 1. The first kappa shape index (κ1) is 13.0. The predicted molar refractivity (Wildman–Crippen MR) is 65.5 cm³/mol. The molecule has 2 rings (SSSR count). The summed E-state index contributed by atoms with van der Waals surface area (Å²) in [5, 5.41) is 12.7. The molecule has 1 aromatic carbocycles. The lowest BCUT2D eigenvalue weighted by atomic mass is 10.2. The van der Waals surface area contributed by atoms with Crippen molar-refractivity contribution in [1.82, 2.24) is 0 Å². The Hall–Kier alpha value is -1.40. The van der Waals surface area contributed by atoms with Gasteiger partial charge in [-0.25, -0.2) is 0 Å². The van der Waals surface area contributed by atoms with E-state index in [0.29, 0.717) is 17.3 Å². The molecule has 1 aliphatic rings. The second-order valence-electron chi connectivity index (χ2n) is 3.99. The minimum Gasteiger partial charge on any atom is -0.544 e. The fourth-order valence-electron chi connectivity index (χ4n) is 1.91. The van der Waals surface area contributed by atoms with Crippen LogP contribution in [0.3, 0.4) is 0 Å². The smallest absolute Gasteiger partial charge is 0.161 e. The number of thioether (sulfide) groups is 1. The zero-order chi connectivity index (χ0) is 13.1. The number of carboxylic acids is 1. The van der Waals surface area contributed by atoms with E-state index in [1.165, 1.54) is 0 Å². The Kier molecular flexibility index (Phi) is 3.98. The number of quaternary nitrogens is 1. The normalized spacial score (nSPS) is 22.8. The fourth-order valence-corrected chi connectivity index (χ4v) is 3.21. The predicted octanol–water partition coefficient (Wildman–Crippen LogP) is -0.869. The highest BCUT2D eigenvalue weighted by molar-refractivity contribution is 7.99. The maximum absolute atomic E-state index is 10.8. The Morgan fingerprint density at radius 1 is 1.39 bits per heavy atom. The van der Waals surface area contributed by atoms with Gasteiger partial charge >= 0.3 is 0 Å². The molecule has 5 nitrogen and oxygen atoms in total. The Bertz CT molecular complexity index is 452. The summed E-state index contributed by atoms with van der Waals surface area (Å²) in [7, 11) is 3.16. The van der Waals surface area contributed by atoms with Crippen LogP contribution in [0, 0.1) is 0 Å². The van der Waals surface area contributed by atoms with Crippen molar-refractivity contribution in [3.63, 3.8) is 0 Å². The number of methoxy groups -OCH3 is 2. The minimum absolute atomic E-state index is 0.0627. The molecule has 0 saturated carbocycles. The maximum Gasteiger partial charge on any atom is 0.161 e. The van der Waals surface area contributed by atoms with Crippen LogP contribution >= 0.6 is 11.8 Å². The second-order valence-corrected chi connectivity index (χ2v) is 5.16. The van der Waals surface area contributed by atoms with Crippen LogP contribution in [0.15, 0.2) is 18.2 Å². The summed E-state index contributed by atoms with van der Waals surface area (Å²) in [6.07, 6.45) is 0. The third-order valence-corrected chi connectivity index (χ3v) is 4.24. The summed E-state index contributed by atoms with van der Waals surface area (Å²) >= 11 is 1.59. The second kappa shape index (κ2) is 5.49. The van der Waals surface area contributed by atoms with Gasteiger partial charge in [-0.15, -0.1) is 0 Å². The zero-order valence-electron chi connectivity index (χ0n) is 10.2. The number of ether oxygens (including phenoxy) is 2. The first-order chi connectivity index (χ1) is 8.65. The molecule has 1 heterocycles. The highest BCUT2D eigenvalue weighted by atomic mass is 32.2. The van der Waals surface area contributed by atoms with Crippen molar-refractivity contribution in [2.24, 2.45) is 0 Å². The maximum atomic E-state index is 10.8. The van der Waals surface area contributed by atoms with Gasteiger partial charge in [0.15, 0.2) is 16.9 Å². The van der Waals surface area contributed by atoms with Crippen LogP contribution < -0.4 is 19.9 Å². The van der Waals surface area contributed by atoms with Gasteiger partial charge < -0.3 is 24.7 Å². The molecule has 1 aliphatic heterocycles. The molecule has 1 aromatic rings. The van der Waals surface area contributed by atoms with E-state index < -0.39 is 12.0 Å². The largest absolute Gasteiger partial charge is 0.544 e. The number of nitrogens with two attached hydrogens (primary N) is 1. The average molecular weight is 269 g/mol. The Morgan fingerprint density at radius 2 is 2.11 bits per heavy atom. The van der Waals surface area contributed by atoms with Crippen LogP contribution in [0.5, 0.6) is 11.5 Å². The van der Waals surface area contributed by atoms with Gasteiger partial charge in [0.05, 0.1) is 20.0 Å². The third kappa shape index (κ3) is 2.54. The topological polar surface area (TPSA) is 75.2 Å². The van der Waals surface area contributed by atoms with Crippen LogP contribution in [-0.4, -0.2) is 32.0 Å². The molecular formula is C12H15NO4S. The lowest BCUT2D eigenvalue weighted by Crippen LogP contribution is -2.90. The lowest BCUT2D eigenvalue weighted by molar-refractivity contribution is -0.690. The van der Waals surface area contributed by atoms with E-state index >= 15 is 0 Å². The molecule has 2 N–H and O–H groups in total. The van der Waals surface area contributed by atoms with Crippen LogP contribution in [0.1, 0.15) is 10.9 Å². The van der Waals surface area contributed by atoms with Gasteiger partial charge in [0.25, 0.3) is 0 Å². The first-order valence-corrected chi connectivity index (χ1v) is 6.60. The summed E-state index contributed by atoms with van der Waals surface area (Å²) < 4.78 is 10.4. The van der Waals surface area contributed by atoms with Gasteiger partial charge in [-0.1, -0.05) is 11.8 Å². The SMILES string of the molecule is COc1ccc([C@@H]2[NH2+][C@H](C(=O)[O-])CS2)cc1OC. The van der Waals surface area contributed by atoms with Gasteiger partial charge in [0, 0.05) is 5.56 Å². The van der Waals surface area contributed by atoms with Crippen LogP contribution in [0.2, 0.25) is 0 Å². The number of hydrogen-bond donors (Lipinski definition) is 1. The molecule has 2 atom stereocenters. The molecule has 0 radical (unpaired) electrons. The third-order valence-electron chi connectivity index (χ3n) is 2.90. The molecule has 18 heavy (non-hydrogen) atoms. The fraction of sp³-hybridized carbons (Fsp3) is 0.417. The molecule has 0 amide bonds. The van der Waals surface area contributed by atoms with E-state index in [4.69, 9.17) is 9.47 Å². The number of benzene rings is 1. The number of rotatable bonds is 4. The lowest BCUT2D eigenvalue weighted by Gasteiger charge is -2.13. The van der Waals surface area contributed by atoms with Crippen LogP contribution in [0.25, 0.3) is 0 Å². The summed E-state index contributed by atoms with van der Waals surface area (Å²) in [6.45, 7) is 0. The average Bonchev–Trinajstić information content (AvgIpc) is 2.87. The monoisotopic (exact) mass is 269 g/mol. The molecule has 0 spiro atoms. The Labute approximate surface area is 109 Å². The summed E-state index contributed by atoms with van der Waals surface area (Å²) in [6, 6.07) is 5.15. The zero-order valence-corrected chi connectivity index (χ0v) is 11.0. The standard InChI is InChI=1S/C12H15NO4S/c1-16-9-4-3-7(5-10(9)17-2)11-13-8(6-18-11)12(14)15/h3-5,8,11,13H,6H2,1-2H3,(H,14,15)/t8-,11+/m0/s1. The molecule has 1 fully saturated rings. The van der Waals surface area contributed by atoms with Gasteiger partial charge in [-0.2, -0.15) is 0 Å². The molecule has 6 heteroatoms. The Balaban J connectivity index is 2.17. The van der Waals surface area contributed by atoms with E-state index in [1.54, 1.807) is 31.3 Å². The van der Waals surface area contributed by atoms with Crippen molar-refractivity contribution in [2.75, 3.05) is 20.0 Å². The number of aliphatic carboxylic acids is 1. The van der Waals surface area contributed by atoms with Gasteiger partial charge in [0.2, 0.25) is 0 Å². The molecule has 0 unspecified atom stereocenters. The van der Waals surface area contributed by atoms with Crippen LogP contribution in [-0.2, 0) is 4.79 Å². The van der Waals surface area contributed by atoms with E-state index in [1.807, 2.05) is 18.2 Å². The van der Waals surface area contributed by atoms with Crippen molar-refractivity contribution in [3.8, 4) is 11.5 Å². The van der Waals surface area contributed by atoms with E-state index in [9.17, 15) is 9.90 Å². The van der Waals surface area contributed by atoms with Gasteiger partial charge in [0.1, 0.15) is 12.0 Å². The molecule has 0 aromatic heterocycles. The van der Waals surface area contributed by atoms with Crippen molar-refractivity contribution < 1.29 is 24.7 Å². The number of carboxylic acid groups (broad SMARTS) is 1. The van der Waals surface area contributed by atoms with Crippen LogP contribution in [0.4, 0.5) is 0 Å². The molecule has 0 aliphatic carbocycles. The molecule has 0 bridgehead atoms. The van der Waals surface area contributed by atoms with Gasteiger partial charge in [-0.3, -0.25) is 0 Å². The van der Waals surface area contributed by atoms with Crippen molar-refractivity contribution in [3.05, 3.63) is 23.8 Å². The number of hydrogen-bond acceptors (Lipinski definition) is 5. The quantitative estimate of drug-likeness (QED) is 0.769. The van der Waals surface area contributed by atoms with Crippen molar-refractivity contribution >= 4 is 17.7 Å². The summed E-state index contributed by atoms with van der Waals surface area (Å²) in [5.41, 5.74) is 1.02. The highest BCUT2D eigenvalue weighted by Crippen LogP contribution is 2.33. The summed E-state index contributed by atoms with van der Waals surface area (Å²) in [5.74, 6) is 0.869. The van der Waals surface area contributed by atoms with E-state index in [2.05, 4.69) is 0 Å². The minimum atomic E-state index is -1.01. The highest BCUT2D eigenvalue weighted by Gasteiger charge is 2.31. The first-order valence-electron chi connectivity index (χ1n) is 5.55. The van der Waals surface area contributed by atoms with E-state index in [-0.39, 0.29) is 5.37 Å². The molecule has 1 saturated heterocycles. The van der Waals surface area contributed by atoms with E-state index in [0.717, 1.165) is 5.56 Å². The number of carbonyl (C=O) groups is 1. The molecule has 98 valence electrons. The summed E-state index contributed by atoms with van der Waals surface area (Å²) in [4.78, 5) is 10.8. The molecular weight excluding hydrogens is 254 g/mol. The Morgan fingerprint density at radius 3 is 2.67 bits per heavy atom. The van der Waals surface area contributed by atoms with Crippen molar-refractivity contribution in [2.45, 2.75) is 11.4 Å². The van der Waals surface area contributed by atoms with Crippen molar-refractivity contribution in [1.29, 1.82) is 0 Å².